The Kier molecular flexibility index (Phi) is 4.56. The molecule has 0 aliphatic heterocycles. The van der Waals surface area contributed by atoms with Crippen molar-refractivity contribution in [2.24, 2.45) is 0 Å². The van der Waals surface area contributed by atoms with E-state index in [0.29, 0.717) is 23.6 Å². The van der Waals surface area contributed by atoms with Gasteiger partial charge < -0.3 is 10.1 Å². The molecule has 1 amide bonds. The highest BCUT2D eigenvalue weighted by Gasteiger charge is 2.11. The van der Waals surface area contributed by atoms with Crippen LogP contribution < -0.4 is 10.1 Å². The Labute approximate surface area is 138 Å². The molecule has 1 aromatic heterocycles. The third kappa shape index (κ3) is 3.78. The Hall–Kier alpha value is -3.15. The molecule has 24 heavy (non-hydrogen) atoms. The molecule has 3 rings (SSSR count). The molecule has 3 aromatic rings. The first-order valence-corrected chi connectivity index (χ1v) is 7.38. The third-order valence-corrected chi connectivity index (χ3v) is 3.52. The average Bonchev–Trinajstić information content (AvgIpc) is 3.06. The number of ether oxygens (including phenoxy) is 1. The van der Waals surface area contributed by atoms with Crippen LogP contribution in [-0.2, 0) is 6.42 Å². The van der Waals surface area contributed by atoms with Crippen molar-refractivity contribution < 1.29 is 13.9 Å². The maximum atomic E-state index is 12.9. The van der Waals surface area contributed by atoms with Crippen molar-refractivity contribution in [3.63, 3.8) is 0 Å². The minimum absolute atomic E-state index is 0.275. The Balaban J connectivity index is 1.65. The van der Waals surface area contributed by atoms with Gasteiger partial charge in [0.25, 0.3) is 5.91 Å². The lowest BCUT2D eigenvalue weighted by atomic mass is 10.1. The predicted molar refractivity (Wildman–Crippen MR) is 88.7 cm³/mol. The van der Waals surface area contributed by atoms with Crippen LogP contribution in [0.5, 0.6) is 5.75 Å². The summed E-state index contributed by atoms with van der Waals surface area (Å²) in [6, 6.07) is 14.9. The molecular weight excluding hydrogens is 309 g/mol. The van der Waals surface area contributed by atoms with Crippen molar-refractivity contribution in [1.29, 1.82) is 0 Å². The molecular formula is C18H16FN3O2. The number of carbonyl (C=O) groups is 1. The zero-order chi connectivity index (χ0) is 16.9. The smallest absolute Gasteiger partial charge is 0.276 e. The van der Waals surface area contributed by atoms with Crippen LogP contribution in [0.15, 0.2) is 54.6 Å². The predicted octanol–water partition coefficient (Wildman–Crippen LogP) is 3.40. The van der Waals surface area contributed by atoms with Crippen molar-refractivity contribution in [3.05, 3.63) is 77.4 Å². The first-order valence-electron chi connectivity index (χ1n) is 7.38. The lowest BCUT2D eigenvalue weighted by Crippen LogP contribution is -2.12. The highest BCUT2D eigenvalue weighted by molar-refractivity contribution is 6.02. The summed E-state index contributed by atoms with van der Waals surface area (Å²) in [6.45, 7) is 0. The molecule has 0 unspecified atom stereocenters. The van der Waals surface area contributed by atoms with E-state index in [2.05, 4.69) is 15.5 Å². The van der Waals surface area contributed by atoms with E-state index < -0.39 is 0 Å². The fourth-order valence-corrected chi connectivity index (χ4v) is 2.26. The van der Waals surface area contributed by atoms with E-state index in [9.17, 15) is 9.18 Å². The fraction of sp³-hybridized carbons (Fsp3) is 0.111. The second-order valence-corrected chi connectivity index (χ2v) is 5.26. The van der Waals surface area contributed by atoms with E-state index in [1.165, 1.54) is 12.1 Å². The lowest BCUT2D eigenvalue weighted by molar-refractivity contribution is 0.102. The highest BCUT2D eigenvalue weighted by atomic mass is 19.1. The number of nitrogens with zero attached hydrogens (tertiary/aromatic N) is 1. The second-order valence-electron chi connectivity index (χ2n) is 5.26. The molecule has 0 radical (unpaired) electrons. The van der Waals surface area contributed by atoms with Gasteiger partial charge in [-0.2, -0.15) is 5.10 Å². The number of carbonyl (C=O) groups excluding carboxylic acids is 1. The van der Waals surface area contributed by atoms with Gasteiger partial charge in [-0.1, -0.05) is 12.1 Å². The summed E-state index contributed by atoms with van der Waals surface area (Å²) in [5, 5.41) is 9.62. The standard InChI is InChI=1S/C18H16FN3O2/c1-24-16-8-6-14(7-9-16)20-18(23)17-11-15(21-22-17)10-12-2-4-13(19)5-3-12/h2-9,11H,10H2,1H3,(H,20,23)(H,21,22). The highest BCUT2D eigenvalue weighted by Crippen LogP contribution is 2.16. The van der Waals surface area contributed by atoms with E-state index in [1.807, 2.05) is 0 Å². The number of aromatic amines is 1. The number of halogens is 1. The normalized spacial score (nSPS) is 10.4. The number of rotatable bonds is 5. The molecule has 0 atom stereocenters. The summed E-state index contributed by atoms with van der Waals surface area (Å²) in [6.07, 6.45) is 0.545. The van der Waals surface area contributed by atoms with Crippen LogP contribution in [0.4, 0.5) is 10.1 Å². The number of anilines is 1. The van der Waals surface area contributed by atoms with Crippen LogP contribution in [0.25, 0.3) is 0 Å². The molecule has 5 nitrogen and oxygen atoms in total. The van der Waals surface area contributed by atoms with Gasteiger partial charge in [-0.3, -0.25) is 9.89 Å². The molecule has 0 bridgehead atoms. The van der Waals surface area contributed by atoms with Gasteiger partial charge in [-0.25, -0.2) is 4.39 Å². The third-order valence-electron chi connectivity index (χ3n) is 3.52. The summed E-state index contributed by atoms with van der Waals surface area (Å²) < 4.78 is 18.0. The van der Waals surface area contributed by atoms with Crippen LogP contribution >= 0.6 is 0 Å². The number of nitrogens with one attached hydrogen (secondary N) is 2. The molecule has 122 valence electrons. The summed E-state index contributed by atoms with van der Waals surface area (Å²) in [7, 11) is 1.58. The van der Waals surface area contributed by atoms with Crippen LogP contribution in [0, 0.1) is 5.82 Å². The van der Waals surface area contributed by atoms with Gasteiger partial charge in [-0.15, -0.1) is 0 Å². The number of amides is 1. The number of hydrogen-bond donors (Lipinski definition) is 2. The summed E-state index contributed by atoms with van der Waals surface area (Å²) in [5.74, 6) is 0.138. The van der Waals surface area contributed by atoms with Crippen molar-refractivity contribution >= 4 is 11.6 Å². The first-order chi connectivity index (χ1) is 11.6. The van der Waals surface area contributed by atoms with Gasteiger partial charge in [0.2, 0.25) is 0 Å². The molecule has 1 heterocycles. The maximum absolute atomic E-state index is 12.9. The van der Waals surface area contributed by atoms with Crippen molar-refractivity contribution in [2.75, 3.05) is 12.4 Å². The molecule has 0 saturated carbocycles. The zero-order valence-corrected chi connectivity index (χ0v) is 13.0. The van der Waals surface area contributed by atoms with Crippen LogP contribution in [0.2, 0.25) is 0 Å². The van der Waals surface area contributed by atoms with Crippen molar-refractivity contribution in [3.8, 4) is 5.75 Å². The summed E-state index contributed by atoms with van der Waals surface area (Å²) in [5.41, 5.74) is 2.66. The number of hydrogen-bond acceptors (Lipinski definition) is 3. The van der Waals surface area contributed by atoms with Gasteiger partial charge in [0.1, 0.15) is 11.6 Å². The lowest BCUT2D eigenvalue weighted by Gasteiger charge is -2.04. The van der Waals surface area contributed by atoms with Crippen LogP contribution in [0.3, 0.4) is 0 Å². The Bertz CT molecular complexity index is 826. The van der Waals surface area contributed by atoms with Crippen LogP contribution in [0.1, 0.15) is 21.7 Å². The summed E-state index contributed by atoms with van der Waals surface area (Å²) >= 11 is 0. The van der Waals surface area contributed by atoms with Gasteiger partial charge in [0.05, 0.1) is 7.11 Å². The number of benzene rings is 2. The van der Waals surface area contributed by atoms with E-state index in [0.717, 1.165) is 11.3 Å². The molecule has 0 spiro atoms. The summed E-state index contributed by atoms with van der Waals surface area (Å²) in [4.78, 5) is 12.2. The SMILES string of the molecule is COc1ccc(NC(=O)c2cc(Cc3ccc(F)cc3)[nH]n2)cc1. The maximum Gasteiger partial charge on any atom is 0.276 e. The molecule has 2 N–H and O–H groups in total. The number of H-pyrrole nitrogens is 1. The van der Waals surface area contributed by atoms with Gasteiger partial charge in [-0.05, 0) is 48.0 Å². The first kappa shape index (κ1) is 15.7. The van der Waals surface area contributed by atoms with E-state index in [1.54, 1.807) is 49.6 Å². The monoisotopic (exact) mass is 325 g/mol. The molecule has 0 aliphatic carbocycles. The van der Waals surface area contributed by atoms with E-state index in [4.69, 9.17) is 4.74 Å². The van der Waals surface area contributed by atoms with Gasteiger partial charge in [0, 0.05) is 17.8 Å². The molecule has 0 aliphatic rings. The topological polar surface area (TPSA) is 67.0 Å². The van der Waals surface area contributed by atoms with Gasteiger partial charge in [0.15, 0.2) is 5.69 Å². The van der Waals surface area contributed by atoms with E-state index in [-0.39, 0.29) is 11.7 Å². The minimum atomic E-state index is -0.304. The second kappa shape index (κ2) is 6.95. The molecule has 0 saturated heterocycles. The number of aromatic nitrogens is 2. The average molecular weight is 325 g/mol. The molecule has 6 heteroatoms. The Morgan fingerprint density at radius 3 is 2.54 bits per heavy atom. The van der Waals surface area contributed by atoms with Gasteiger partial charge >= 0.3 is 0 Å². The van der Waals surface area contributed by atoms with E-state index >= 15 is 0 Å². The Morgan fingerprint density at radius 1 is 1.17 bits per heavy atom. The van der Waals surface area contributed by atoms with Crippen molar-refractivity contribution in [1.82, 2.24) is 10.2 Å². The molecule has 0 fully saturated rings. The number of methoxy groups -OCH3 is 1. The quantitative estimate of drug-likeness (QED) is 0.755. The zero-order valence-electron chi connectivity index (χ0n) is 13.0. The molecule has 2 aromatic carbocycles. The largest absolute Gasteiger partial charge is 0.497 e. The van der Waals surface area contributed by atoms with Crippen molar-refractivity contribution in [2.45, 2.75) is 6.42 Å². The fourth-order valence-electron chi connectivity index (χ4n) is 2.26. The minimum Gasteiger partial charge on any atom is -0.497 e. The Morgan fingerprint density at radius 2 is 1.88 bits per heavy atom. The van der Waals surface area contributed by atoms with Crippen LogP contribution in [-0.4, -0.2) is 23.2 Å².